The number of H-pyrrole nitrogens is 1. The highest BCUT2D eigenvalue weighted by molar-refractivity contribution is 5.91. The average molecular weight is 337 g/mol. The van der Waals surface area contributed by atoms with Crippen molar-refractivity contribution in [2.24, 2.45) is 5.92 Å². The number of fused-ring (bicyclic) bond motifs is 1. The zero-order valence-corrected chi connectivity index (χ0v) is 13.3. The number of aromatic amines is 1. The van der Waals surface area contributed by atoms with Gasteiger partial charge in [0.2, 0.25) is 11.9 Å². The van der Waals surface area contributed by atoms with Crippen LogP contribution < -0.4 is 10.9 Å². The molecule has 0 saturated carbocycles. The van der Waals surface area contributed by atoms with E-state index in [2.05, 4.69) is 20.3 Å². The maximum Gasteiger partial charge on any atom is 0.280 e. The molecule has 3 rings (SSSR count). The van der Waals surface area contributed by atoms with Crippen molar-refractivity contribution in [1.29, 1.82) is 0 Å². The standard InChI is InChI=1S/C14H19N5O5/c1-6(2)12(22)17-14-16-11-10(13(23)18-14)15-5-19(11)9-3-7(21)8(4-20)24-9/h5-9,20-21H,3-4H2,1-2H3,(H2,16,17,18,22,23)/t7-,8-,9-/m0/s1. The molecule has 0 aliphatic carbocycles. The number of rotatable bonds is 4. The van der Waals surface area contributed by atoms with E-state index in [9.17, 15) is 19.8 Å². The quantitative estimate of drug-likeness (QED) is 0.581. The van der Waals surface area contributed by atoms with E-state index in [-0.39, 0.29) is 42.0 Å². The number of aliphatic hydroxyl groups excluding tert-OH is 2. The summed E-state index contributed by atoms with van der Waals surface area (Å²) in [5.41, 5.74) is -0.160. The van der Waals surface area contributed by atoms with Crippen LogP contribution in [-0.4, -0.2) is 54.5 Å². The second-order valence-electron chi connectivity index (χ2n) is 6.00. The van der Waals surface area contributed by atoms with Gasteiger partial charge in [-0.2, -0.15) is 4.98 Å². The van der Waals surface area contributed by atoms with E-state index >= 15 is 0 Å². The Labute approximate surface area is 136 Å². The van der Waals surface area contributed by atoms with Crippen LogP contribution in [0.4, 0.5) is 5.95 Å². The SMILES string of the molecule is CC(C)C(=O)Nc1nc2c(ncn2[C@@H]2C[C@H](O)[C@H](CO)O2)c(=O)[nH]1. The van der Waals surface area contributed by atoms with Gasteiger partial charge >= 0.3 is 0 Å². The number of amides is 1. The number of anilines is 1. The van der Waals surface area contributed by atoms with Gasteiger partial charge in [0.05, 0.1) is 19.0 Å². The van der Waals surface area contributed by atoms with Crippen LogP contribution in [0.3, 0.4) is 0 Å². The van der Waals surface area contributed by atoms with Gasteiger partial charge in [-0.1, -0.05) is 13.8 Å². The van der Waals surface area contributed by atoms with Crippen molar-refractivity contribution in [2.45, 2.75) is 38.7 Å². The maximum absolute atomic E-state index is 12.1. The number of carbonyl (C=O) groups is 1. The lowest BCUT2D eigenvalue weighted by Crippen LogP contribution is -2.24. The van der Waals surface area contributed by atoms with Crippen LogP contribution in [0.5, 0.6) is 0 Å². The molecule has 1 aliphatic rings. The predicted molar refractivity (Wildman–Crippen MR) is 83.2 cm³/mol. The fourth-order valence-electron chi connectivity index (χ4n) is 2.51. The molecule has 10 heteroatoms. The molecule has 1 saturated heterocycles. The topological polar surface area (TPSA) is 142 Å². The third-order valence-corrected chi connectivity index (χ3v) is 3.89. The number of ether oxygens (including phenoxy) is 1. The number of hydrogen-bond donors (Lipinski definition) is 4. The second-order valence-corrected chi connectivity index (χ2v) is 6.00. The monoisotopic (exact) mass is 337 g/mol. The van der Waals surface area contributed by atoms with Crippen molar-refractivity contribution in [1.82, 2.24) is 19.5 Å². The Morgan fingerprint density at radius 1 is 1.58 bits per heavy atom. The van der Waals surface area contributed by atoms with Crippen LogP contribution in [0.15, 0.2) is 11.1 Å². The Morgan fingerprint density at radius 2 is 2.33 bits per heavy atom. The molecule has 0 aromatic carbocycles. The predicted octanol–water partition coefficient (Wildman–Crippen LogP) is -0.645. The molecular weight excluding hydrogens is 318 g/mol. The molecule has 24 heavy (non-hydrogen) atoms. The summed E-state index contributed by atoms with van der Waals surface area (Å²) in [6, 6.07) is 0. The summed E-state index contributed by atoms with van der Waals surface area (Å²) in [6.45, 7) is 3.13. The number of aliphatic hydroxyl groups is 2. The lowest BCUT2D eigenvalue weighted by molar-refractivity contribution is -0.118. The minimum atomic E-state index is -0.820. The molecule has 1 fully saturated rings. The number of carbonyl (C=O) groups excluding carboxylic acids is 1. The van der Waals surface area contributed by atoms with Gasteiger partial charge in [-0.15, -0.1) is 0 Å². The van der Waals surface area contributed by atoms with Gasteiger partial charge < -0.3 is 14.9 Å². The van der Waals surface area contributed by atoms with Gasteiger partial charge in [-0.05, 0) is 0 Å². The summed E-state index contributed by atoms with van der Waals surface area (Å²) in [7, 11) is 0. The molecule has 4 N–H and O–H groups in total. The van der Waals surface area contributed by atoms with Crippen molar-refractivity contribution in [2.75, 3.05) is 11.9 Å². The molecule has 1 amide bonds. The number of imidazole rings is 1. The number of hydrogen-bond acceptors (Lipinski definition) is 7. The molecule has 0 unspecified atom stereocenters. The van der Waals surface area contributed by atoms with Crippen LogP contribution in [0.25, 0.3) is 11.2 Å². The number of nitrogens with one attached hydrogen (secondary N) is 2. The Kier molecular flexibility index (Phi) is 4.35. The fourth-order valence-corrected chi connectivity index (χ4v) is 2.51. The molecule has 3 heterocycles. The summed E-state index contributed by atoms with van der Waals surface area (Å²) in [5.74, 6) is -0.531. The van der Waals surface area contributed by atoms with Crippen molar-refractivity contribution in [3.05, 3.63) is 16.7 Å². The van der Waals surface area contributed by atoms with Gasteiger partial charge in [-0.25, -0.2) is 4.98 Å². The molecule has 1 aliphatic heterocycles. The van der Waals surface area contributed by atoms with Crippen LogP contribution >= 0.6 is 0 Å². The van der Waals surface area contributed by atoms with Crippen LogP contribution in [0.1, 0.15) is 26.5 Å². The molecule has 2 aromatic rings. The maximum atomic E-state index is 12.1. The molecule has 0 bridgehead atoms. The normalized spacial score (nSPS) is 24.0. The zero-order valence-electron chi connectivity index (χ0n) is 13.3. The van der Waals surface area contributed by atoms with E-state index in [0.717, 1.165) is 0 Å². The highest BCUT2D eigenvalue weighted by Crippen LogP contribution is 2.30. The lowest BCUT2D eigenvalue weighted by atomic mass is 10.2. The summed E-state index contributed by atoms with van der Waals surface area (Å²) in [4.78, 5) is 34.6. The summed E-state index contributed by atoms with van der Waals surface area (Å²) < 4.78 is 7.07. The lowest BCUT2D eigenvalue weighted by Gasteiger charge is -2.14. The van der Waals surface area contributed by atoms with E-state index in [1.165, 1.54) is 10.9 Å². The first-order valence-corrected chi connectivity index (χ1v) is 7.62. The Hall–Kier alpha value is -2.30. The molecule has 3 atom stereocenters. The van der Waals surface area contributed by atoms with Gasteiger partial charge in [-0.3, -0.25) is 24.5 Å². The van der Waals surface area contributed by atoms with E-state index in [1.54, 1.807) is 13.8 Å². The van der Waals surface area contributed by atoms with Gasteiger partial charge in [0.1, 0.15) is 12.3 Å². The summed E-state index contributed by atoms with van der Waals surface area (Å²) in [5, 5.41) is 21.6. The molecular formula is C14H19N5O5. The van der Waals surface area contributed by atoms with Crippen molar-refractivity contribution >= 4 is 23.0 Å². The highest BCUT2D eigenvalue weighted by atomic mass is 16.5. The first-order chi connectivity index (χ1) is 11.4. The fraction of sp³-hybridized carbons (Fsp3) is 0.571. The summed E-state index contributed by atoms with van der Waals surface area (Å²) >= 11 is 0. The molecule has 10 nitrogen and oxygen atoms in total. The van der Waals surface area contributed by atoms with E-state index < -0.39 is 24.0 Å². The highest BCUT2D eigenvalue weighted by Gasteiger charge is 2.35. The van der Waals surface area contributed by atoms with Crippen molar-refractivity contribution in [3.8, 4) is 0 Å². The third kappa shape index (κ3) is 2.90. The van der Waals surface area contributed by atoms with Crippen molar-refractivity contribution in [3.63, 3.8) is 0 Å². The van der Waals surface area contributed by atoms with Crippen molar-refractivity contribution < 1.29 is 19.7 Å². The van der Waals surface area contributed by atoms with Crippen LogP contribution in [0.2, 0.25) is 0 Å². The second kappa shape index (κ2) is 6.30. The Morgan fingerprint density at radius 3 is 2.96 bits per heavy atom. The number of nitrogens with zero attached hydrogens (tertiary/aromatic N) is 3. The van der Waals surface area contributed by atoms with Crippen LogP contribution in [-0.2, 0) is 9.53 Å². The first kappa shape index (κ1) is 16.6. The summed E-state index contributed by atoms with van der Waals surface area (Å²) in [6.07, 6.45) is -0.504. The largest absolute Gasteiger partial charge is 0.394 e. The molecule has 0 radical (unpaired) electrons. The minimum Gasteiger partial charge on any atom is -0.394 e. The van der Waals surface area contributed by atoms with E-state index in [4.69, 9.17) is 4.74 Å². The zero-order chi connectivity index (χ0) is 17.4. The van der Waals surface area contributed by atoms with Gasteiger partial charge in [0.15, 0.2) is 11.2 Å². The Balaban J connectivity index is 1.97. The molecule has 0 spiro atoms. The number of aromatic nitrogens is 4. The van der Waals surface area contributed by atoms with Gasteiger partial charge in [0, 0.05) is 12.3 Å². The van der Waals surface area contributed by atoms with E-state index in [1.807, 2.05) is 0 Å². The molecule has 2 aromatic heterocycles. The molecule has 130 valence electrons. The Bertz CT molecular complexity index is 813. The smallest absolute Gasteiger partial charge is 0.280 e. The third-order valence-electron chi connectivity index (χ3n) is 3.89. The van der Waals surface area contributed by atoms with Gasteiger partial charge in [0.25, 0.3) is 5.56 Å². The van der Waals surface area contributed by atoms with E-state index in [0.29, 0.717) is 0 Å². The first-order valence-electron chi connectivity index (χ1n) is 7.62. The average Bonchev–Trinajstić information content (AvgIpc) is 3.10. The minimum absolute atomic E-state index is 0.0187. The van der Waals surface area contributed by atoms with Crippen LogP contribution in [0, 0.1) is 5.92 Å².